The number of fused-ring (bicyclic) bond motifs is 4. The molecule has 4 aliphatic heterocycles. The van der Waals surface area contributed by atoms with Crippen molar-refractivity contribution in [1.29, 1.82) is 0 Å². The minimum absolute atomic E-state index is 0. The summed E-state index contributed by atoms with van der Waals surface area (Å²) in [6.45, 7) is 4.65. The van der Waals surface area contributed by atoms with E-state index in [0.717, 1.165) is 13.0 Å². The molecule has 0 aromatic heterocycles. The number of esters is 1. The summed E-state index contributed by atoms with van der Waals surface area (Å²) in [5.74, 6) is 1.38. The van der Waals surface area contributed by atoms with Crippen molar-refractivity contribution < 1.29 is 19.7 Å². The molecule has 1 spiro atoms. The highest BCUT2D eigenvalue weighted by Crippen LogP contribution is 2.78. The van der Waals surface area contributed by atoms with Crippen LogP contribution in [0, 0.1) is 23.2 Å². The van der Waals surface area contributed by atoms with Crippen LogP contribution in [0.5, 0.6) is 0 Å². The predicted molar refractivity (Wildman–Crippen MR) is 73.5 cm³/mol. The second kappa shape index (κ2) is 3.47. The Labute approximate surface area is 124 Å². The monoisotopic (exact) mass is 293 g/mol. The van der Waals surface area contributed by atoms with Crippen LogP contribution in [0.25, 0.3) is 0 Å². The molecule has 116 valence electrons. The van der Waals surface area contributed by atoms with Crippen LogP contribution in [0.3, 0.4) is 0 Å². The predicted octanol–water partition coefficient (Wildman–Crippen LogP) is 0.365. The van der Waals surface area contributed by atoms with Crippen molar-refractivity contribution >= 4 is 5.97 Å². The van der Waals surface area contributed by atoms with Gasteiger partial charge in [-0.3, -0.25) is 9.69 Å². The number of hydrogen-bond acceptors (Lipinski definition) is 4. The summed E-state index contributed by atoms with van der Waals surface area (Å²) in [7, 11) is 0. The van der Waals surface area contributed by atoms with Crippen LogP contribution in [-0.2, 0) is 14.3 Å². The third kappa shape index (κ3) is 1.03. The second-order valence-electron chi connectivity index (χ2n) is 8.02. The van der Waals surface area contributed by atoms with Gasteiger partial charge in [0.05, 0.1) is 18.1 Å². The molecule has 0 amide bonds. The fraction of sp³-hybridized carbons (Fsp3) is 0.938. The van der Waals surface area contributed by atoms with Crippen molar-refractivity contribution in [2.45, 2.75) is 56.5 Å². The molecule has 2 saturated carbocycles. The van der Waals surface area contributed by atoms with Crippen molar-refractivity contribution in [3.8, 4) is 0 Å². The lowest BCUT2D eigenvalue weighted by molar-refractivity contribution is -0.269. The van der Waals surface area contributed by atoms with E-state index in [1.165, 1.54) is 25.8 Å². The van der Waals surface area contributed by atoms with E-state index < -0.39 is 0 Å². The highest BCUT2D eigenvalue weighted by Gasteiger charge is 2.86. The molecule has 8 atom stereocenters. The van der Waals surface area contributed by atoms with Gasteiger partial charge < -0.3 is 14.9 Å². The highest BCUT2D eigenvalue weighted by atomic mass is 16.6. The Bertz CT molecular complexity index is 538. The number of rotatable bonds is 0. The van der Waals surface area contributed by atoms with Gasteiger partial charge in [0.15, 0.2) is 0 Å². The second-order valence-corrected chi connectivity index (χ2v) is 8.02. The number of epoxide rings is 1. The topological polar surface area (TPSA) is 73.6 Å². The molecule has 2 bridgehead atoms. The highest BCUT2D eigenvalue weighted by molar-refractivity contribution is 5.78. The first kappa shape index (κ1) is 12.9. The van der Waals surface area contributed by atoms with Crippen molar-refractivity contribution in [3.63, 3.8) is 0 Å². The molecule has 6 aliphatic rings. The van der Waals surface area contributed by atoms with E-state index in [2.05, 4.69) is 11.8 Å². The van der Waals surface area contributed by atoms with Crippen molar-refractivity contribution in [3.05, 3.63) is 0 Å². The maximum Gasteiger partial charge on any atom is 0.310 e. The van der Waals surface area contributed by atoms with Gasteiger partial charge in [-0.25, -0.2) is 0 Å². The first-order valence-electron chi connectivity index (χ1n) is 8.30. The molecule has 5 heteroatoms. The molecule has 5 nitrogen and oxygen atoms in total. The Morgan fingerprint density at radius 3 is 3.00 bits per heavy atom. The minimum Gasteiger partial charge on any atom is -0.462 e. The van der Waals surface area contributed by atoms with E-state index >= 15 is 0 Å². The quantitative estimate of drug-likeness (QED) is 0.477. The lowest BCUT2D eigenvalue weighted by Gasteiger charge is -2.75. The Morgan fingerprint density at radius 1 is 1.33 bits per heavy atom. The van der Waals surface area contributed by atoms with E-state index in [0.29, 0.717) is 24.0 Å². The molecule has 1 unspecified atom stereocenters. The third-order valence-corrected chi connectivity index (χ3v) is 7.80. The lowest BCUT2D eigenvalue weighted by atomic mass is 9.34. The molecule has 6 fully saturated rings. The third-order valence-electron chi connectivity index (χ3n) is 7.80. The fourth-order valence-corrected chi connectivity index (χ4v) is 7.44. The zero-order valence-electron chi connectivity index (χ0n) is 12.4. The van der Waals surface area contributed by atoms with Crippen LogP contribution in [0.2, 0.25) is 0 Å². The number of piperidine rings is 2. The maximum absolute atomic E-state index is 12.5. The van der Waals surface area contributed by atoms with Crippen LogP contribution in [0.1, 0.15) is 32.6 Å². The number of nitrogens with zero attached hydrogens (tertiary/aromatic N) is 1. The van der Waals surface area contributed by atoms with E-state index in [9.17, 15) is 4.79 Å². The SMILES string of the molecule is CC1C[C@@]23[C@@H]4CCCN2C[C@H]2O[C@H]2[C@@]13[C@@H]1C[C@H]4OC1=O.O. The molecule has 0 aromatic rings. The fourth-order valence-electron chi connectivity index (χ4n) is 7.44. The van der Waals surface area contributed by atoms with E-state index in [-0.39, 0.29) is 34.4 Å². The molecular weight excluding hydrogens is 270 g/mol. The van der Waals surface area contributed by atoms with Crippen LogP contribution in [-0.4, -0.2) is 53.3 Å². The summed E-state index contributed by atoms with van der Waals surface area (Å²) in [6.07, 6.45) is 5.67. The number of hydrogen-bond donors (Lipinski definition) is 0. The summed E-state index contributed by atoms with van der Waals surface area (Å²) in [5, 5.41) is 0. The average Bonchev–Trinajstić information content (AvgIpc) is 3.08. The van der Waals surface area contributed by atoms with Crippen molar-refractivity contribution in [2.75, 3.05) is 13.1 Å². The maximum atomic E-state index is 12.5. The zero-order valence-corrected chi connectivity index (χ0v) is 12.4. The van der Waals surface area contributed by atoms with Gasteiger partial charge in [-0.2, -0.15) is 0 Å². The van der Waals surface area contributed by atoms with Crippen molar-refractivity contribution in [1.82, 2.24) is 4.90 Å². The summed E-state index contributed by atoms with van der Waals surface area (Å²) >= 11 is 0. The minimum atomic E-state index is 0. The lowest BCUT2D eigenvalue weighted by Crippen LogP contribution is -2.84. The molecule has 2 N–H and O–H groups in total. The van der Waals surface area contributed by atoms with Crippen LogP contribution >= 0.6 is 0 Å². The van der Waals surface area contributed by atoms with Gasteiger partial charge in [0.25, 0.3) is 0 Å². The van der Waals surface area contributed by atoms with Gasteiger partial charge in [-0.05, 0) is 38.1 Å². The summed E-state index contributed by atoms with van der Waals surface area (Å²) in [4.78, 5) is 15.2. The van der Waals surface area contributed by atoms with Gasteiger partial charge in [0.1, 0.15) is 6.10 Å². The van der Waals surface area contributed by atoms with Gasteiger partial charge in [-0.15, -0.1) is 0 Å². The average molecular weight is 293 g/mol. The summed E-state index contributed by atoms with van der Waals surface area (Å²) in [6, 6.07) is 0. The first-order chi connectivity index (χ1) is 9.69. The Kier molecular flexibility index (Phi) is 2.12. The molecule has 0 radical (unpaired) electrons. The summed E-state index contributed by atoms with van der Waals surface area (Å²) in [5.41, 5.74) is 0.327. The Morgan fingerprint density at radius 2 is 2.19 bits per heavy atom. The van der Waals surface area contributed by atoms with Crippen LogP contribution < -0.4 is 0 Å². The molecule has 6 rings (SSSR count). The van der Waals surface area contributed by atoms with Gasteiger partial charge in [-0.1, -0.05) is 6.92 Å². The molecule has 21 heavy (non-hydrogen) atoms. The Balaban J connectivity index is 0.00000104. The summed E-state index contributed by atoms with van der Waals surface area (Å²) < 4.78 is 11.9. The van der Waals surface area contributed by atoms with Crippen LogP contribution in [0.15, 0.2) is 0 Å². The van der Waals surface area contributed by atoms with Crippen molar-refractivity contribution in [2.24, 2.45) is 23.2 Å². The van der Waals surface area contributed by atoms with Gasteiger partial charge >= 0.3 is 5.97 Å². The number of carbonyl (C=O) groups is 1. The van der Waals surface area contributed by atoms with Gasteiger partial charge in [0.2, 0.25) is 0 Å². The normalized spacial score (nSPS) is 62.4. The zero-order chi connectivity index (χ0) is 13.3. The van der Waals surface area contributed by atoms with Crippen LogP contribution in [0.4, 0.5) is 0 Å². The molecular formula is C16H23NO4. The first-order valence-corrected chi connectivity index (χ1v) is 8.30. The van der Waals surface area contributed by atoms with Gasteiger partial charge in [0, 0.05) is 23.4 Å². The molecule has 4 saturated heterocycles. The number of carbonyl (C=O) groups excluding carboxylic acids is 1. The molecule has 0 aromatic carbocycles. The molecule has 2 aliphatic carbocycles. The largest absolute Gasteiger partial charge is 0.462 e. The van der Waals surface area contributed by atoms with E-state index in [1.54, 1.807) is 0 Å². The smallest absolute Gasteiger partial charge is 0.310 e. The van der Waals surface area contributed by atoms with E-state index in [4.69, 9.17) is 9.47 Å². The number of ether oxygens (including phenoxy) is 2. The van der Waals surface area contributed by atoms with E-state index in [1.807, 2.05) is 0 Å². The molecule has 4 heterocycles. The standard InChI is InChI=1S/C16H21NO3.H2O/c1-8-6-15-9-3-2-4-17(15)7-12-13(19-12)16(8,15)10-5-11(9)20-14(10)18;/h8-13H,2-7H2,1H3;1H2/t8?,9-,10-,11-,12-,13-,15+,16+;/m1./s1. The Hall–Kier alpha value is -0.650.